The number of aryl methyl sites for hydroxylation is 3. The molecule has 9 heteroatoms. The van der Waals surface area contributed by atoms with Crippen LogP contribution in [-0.2, 0) is 22.4 Å². The van der Waals surface area contributed by atoms with E-state index in [1.54, 1.807) is 0 Å². The number of para-hydroxylation sites is 1. The van der Waals surface area contributed by atoms with Crippen LogP contribution in [0.4, 0.5) is 4.79 Å². The standard InChI is InChI=1S/C37H48N4O5/c1-27-15-13-16-28(2)33(27)46-26-32(42)40-37(36(3,4)45,41-24-14-23-38-35(41)44)34(43)39-31(25-30-20-9-6-10-21-30)22-12-11-19-29-17-7-5-8-18-29/h5-10,13,15-18,20-21,31,45H,11-12,14,19,22-26H2,1-4H3,(H,38,44)(H,39,43)(H,40,42). The number of carbonyl (C=O) groups is 3. The molecule has 1 aliphatic rings. The smallest absolute Gasteiger partial charge is 0.319 e. The van der Waals surface area contributed by atoms with E-state index in [9.17, 15) is 19.5 Å². The van der Waals surface area contributed by atoms with Crippen LogP contribution in [0.2, 0.25) is 0 Å². The van der Waals surface area contributed by atoms with Gasteiger partial charge >= 0.3 is 6.03 Å². The molecule has 0 bridgehead atoms. The highest BCUT2D eigenvalue weighted by molar-refractivity contribution is 5.96. The van der Waals surface area contributed by atoms with Gasteiger partial charge in [0.2, 0.25) is 5.66 Å². The lowest BCUT2D eigenvalue weighted by molar-refractivity contribution is -0.161. The van der Waals surface area contributed by atoms with Crippen molar-refractivity contribution in [3.05, 3.63) is 101 Å². The van der Waals surface area contributed by atoms with Gasteiger partial charge in [-0.15, -0.1) is 0 Å². The van der Waals surface area contributed by atoms with Crippen molar-refractivity contribution in [2.75, 3.05) is 19.7 Å². The van der Waals surface area contributed by atoms with Crippen molar-refractivity contribution in [3.8, 4) is 5.75 Å². The number of carbonyl (C=O) groups excluding carboxylic acids is 3. The molecule has 3 aromatic carbocycles. The molecule has 4 rings (SSSR count). The molecular weight excluding hydrogens is 580 g/mol. The Bertz CT molecular complexity index is 1440. The van der Waals surface area contributed by atoms with Crippen LogP contribution in [0.15, 0.2) is 78.9 Å². The first-order chi connectivity index (χ1) is 22.0. The monoisotopic (exact) mass is 628 g/mol. The number of aliphatic hydroxyl groups is 1. The number of hydrogen-bond acceptors (Lipinski definition) is 5. The van der Waals surface area contributed by atoms with E-state index < -0.39 is 35.7 Å². The number of hydrogen-bond donors (Lipinski definition) is 4. The molecule has 46 heavy (non-hydrogen) atoms. The lowest BCUT2D eigenvalue weighted by atomic mass is 9.86. The zero-order chi connectivity index (χ0) is 33.2. The van der Waals surface area contributed by atoms with Gasteiger partial charge in [0, 0.05) is 19.1 Å². The first-order valence-corrected chi connectivity index (χ1v) is 16.2. The first-order valence-electron chi connectivity index (χ1n) is 16.2. The van der Waals surface area contributed by atoms with E-state index in [2.05, 4.69) is 28.1 Å². The van der Waals surface area contributed by atoms with Gasteiger partial charge in [0.15, 0.2) is 6.61 Å². The number of nitrogens with zero attached hydrogens (tertiary/aromatic N) is 1. The summed E-state index contributed by atoms with van der Waals surface area (Å²) in [5.74, 6) is -0.715. The quantitative estimate of drug-likeness (QED) is 0.180. The Morgan fingerprint density at radius 2 is 1.57 bits per heavy atom. The highest BCUT2D eigenvalue weighted by Gasteiger charge is 2.58. The van der Waals surface area contributed by atoms with Crippen molar-refractivity contribution in [1.82, 2.24) is 20.9 Å². The molecule has 9 nitrogen and oxygen atoms in total. The van der Waals surface area contributed by atoms with Gasteiger partial charge in [-0.1, -0.05) is 85.3 Å². The zero-order valence-corrected chi connectivity index (χ0v) is 27.5. The van der Waals surface area contributed by atoms with Gasteiger partial charge in [0.25, 0.3) is 11.8 Å². The minimum absolute atomic E-state index is 0.168. The summed E-state index contributed by atoms with van der Waals surface area (Å²) < 4.78 is 5.90. The van der Waals surface area contributed by atoms with Crippen LogP contribution in [0.3, 0.4) is 0 Å². The molecule has 1 saturated heterocycles. The number of ether oxygens (including phenoxy) is 1. The van der Waals surface area contributed by atoms with Crippen molar-refractivity contribution in [1.29, 1.82) is 0 Å². The van der Waals surface area contributed by atoms with Gasteiger partial charge in [-0.3, -0.25) is 14.5 Å². The fraction of sp³-hybridized carbons (Fsp3) is 0.432. The van der Waals surface area contributed by atoms with Crippen molar-refractivity contribution >= 4 is 17.8 Å². The van der Waals surface area contributed by atoms with Crippen molar-refractivity contribution in [2.45, 2.75) is 83.5 Å². The van der Waals surface area contributed by atoms with E-state index in [1.807, 2.05) is 80.6 Å². The number of unbranched alkanes of at least 4 members (excludes halogenated alkanes) is 1. The number of benzene rings is 3. The van der Waals surface area contributed by atoms with Crippen LogP contribution < -0.4 is 20.7 Å². The minimum atomic E-state index is -2.11. The fourth-order valence-corrected chi connectivity index (χ4v) is 6.14. The molecule has 4 N–H and O–H groups in total. The van der Waals surface area contributed by atoms with Gasteiger partial charge in [0.1, 0.15) is 11.4 Å². The first kappa shape index (κ1) is 34.5. The number of urea groups is 1. The molecule has 2 unspecified atom stereocenters. The Morgan fingerprint density at radius 1 is 0.935 bits per heavy atom. The van der Waals surface area contributed by atoms with Crippen LogP contribution in [-0.4, -0.2) is 64.9 Å². The highest BCUT2D eigenvalue weighted by atomic mass is 16.5. The molecule has 2 atom stereocenters. The second-order valence-electron chi connectivity index (χ2n) is 12.7. The van der Waals surface area contributed by atoms with Gasteiger partial charge in [0.05, 0.1) is 0 Å². The van der Waals surface area contributed by atoms with Crippen molar-refractivity contribution < 1.29 is 24.2 Å². The van der Waals surface area contributed by atoms with Crippen LogP contribution in [0.5, 0.6) is 5.75 Å². The summed E-state index contributed by atoms with van der Waals surface area (Å²) in [6.07, 6.45) is 4.47. The SMILES string of the molecule is Cc1cccc(C)c1OCC(=O)NC(C(=O)NC(CCCCc1ccccc1)Cc1ccccc1)(N1CCCNC1=O)C(C)(C)O. The molecule has 3 aromatic rings. The molecule has 1 heterocycles. The molecular formula is C37H48N4O5. The maximum Gasteiger partial charge on any atom is 0.319 e. The summed E-state index contributed by atoms with van der Waals surface area (Å²) >= 11 is 0. The second kappa shape index (κ2) is 15.8. The van der Waals surface area contributed by atoms with E-state index in [1.165, 1.54) is 24.3 Å². The second-order valence-corrected chi connectivity index (χ2v) is 12.7. The van der Waals surface area contributed by atoms with E-state index in [0.717, 1.165) is 36.0 Å². The average molecular weight is 629 g/mol. The number of amides is 4. The van der Waals surface area contributed by atoms with E-state index in [-0.39, 0.29) is 12.6 Å². The van der Waals surface area contributed by atoms with Crippen LogP contribution >= 0.6 is 0 Å². The number of rotatable bonds is 15. The van der Waals surface area contributed by atoms with E-state index in [4.69, 9.17) is 4.74 Å². The topological polar surface area (TPSA) is 120 Å². The molecule has 1 aliphatic heterocycles. The van der Waals surface area contributed by atoms with Gasteiger partial charge < -0.3 is 25.8 Å². The molecule has 4 amide bonds. The summed E-state index contributed by atoms with van der Waals surface area (Å²) in [7, 11) is 0. The summed E-state index contributed by atoms with van der Waals surface area (Å²) in [6, 6.07) is 25.0. The molecule has 1 fully saturated rings. The van der Waals surface area contributed by atoms with Gasteiger partial charge in [-0.05, 0) is 82.1 Å². The Morgan fingerprint density at radius 3 is 2.17 bits per heavy atom. The third kappa shape index (κ3) is 8.66. The fourth-order valence-electron chi connectivity index (χ4n) is 6.14. The summed E-state index contributed by atoms with van der Waals surface area (Å²) in [4.78, 5) is 42.7. The lowest BCUT2D eigenvalue weighted by Crippen LogP contribution is -2.80. The average Bonchev–Trinajstić information content (AvgIpc) is 3.02. The lowest BCUT2D eigenvalue weighted by Gasteiger charge is -2.50. The zero-order valence-electron chi connectivity index (χ0n) is 27.5. The Balaban J connectivity index is 1.59. The van der Waals surface area contributed by atoms with Crippen LogP contribution in [0, 0.1) is 13.8 Å². The normalized spacial score (nSPS) is 15.3. The Kier molecular flexibility index (Phi) is 11.8. The molecule has 0 aromatic heterocycles. The summed E-state index contributed by atoms with van der Waals surface area (Å²) in [5, 5.41) is 20.4. The summed E-state index contributed by atoms with van der Waals surface area (Å²) in [6.45, 7) is 6.85. The van der Waals surface area contributed by atoms with Gasteiger partial charge in [-0.2, -0.15) is 0 Å². The Hall–Kier alpha value is -4.37. The minimum Gasteiger partial charge on any atom is -0.483 e. The number of nitrogens with one attached hydrogen (secondary N) is 3. The maximum absolute atomic E-state index is 14.6. The largest absolute Gasteiger partial charge is 0.483 e. The van der Waals surface area contributed by atoms with Gasteiger partial charge in [-0.25, -0.2) is 4.79 Å². The summed E-state index contributed by atoms with van der Waals surface area (Å²) in [5.41, 5.74) is 0.0551. The van der Waals surface area contributed by atoms with Crippen LogP contribution in [0.1, 0.15) is 61.8 Å². The predicted molar refractivity (Wildman–Crippen MR) is 179 cm³/mol. The Labute approximate surface area is 272 Å². The molecule has 0 saturated carbocycles. The van der Waals surface area contributed by atoms with E-state index >= 15 is 0 Å². The predicted octanol–water partition coefficient (Wildman–Crippen LogP) is 4.82. The van der Waals surface area contributed by atoms with E-state index in [0.29, 0.717) is 31.6 Å². The van der Waals surface area contributed by atoms with Crippen molar-refractivity contribution in [2.24, 2.45) is 0 Å². The molecule has 0 spiro atoms. The molecule has 0 radical (unpaired) electrons. The molecule has 246 valence electrons. The third-order valence-electron chi connectivity index (χ3n) is 8.55. The van der Waals surface area contributed by atoms with Crippen molar-refractivity contribution in [3.63, 3.8) is 0 Å². The maximum atomic E-state index is 14.6. The molecule has 0 aliphatic carbocycles. The highest BCUT2D eigenvalue weighted by Crippen LogP contribution is 2.30. The third-order valence-corrected chi connectivity index (χ3v) is 8.55. The van der Waals surface area contributed by atoms with Crippen LogP contribution in [0.25, 0.3) is 0 Å².